The van der Waals surface area contributed by atoms with Gasteiger partial charge in [-0.2, -0.15) is 0 Å². The average Bonchev–Trinajstić information content (AvgIpc) is 3.17. The minimum atomic E-state index is -0.0600. The van der Waals surface area contributed by atoms with Crippen molar-refractivity contribution in [2.24, 2.45) is 0 Å². The van der Waals surface area contributed by atoms with Crippen molar-refractivity contribution in [1.29, 1.82) is 0 Å². The smallest absolute Gasteiger partial charge is 0.196 e. The van der Waals surface area contributed by atoms with Crippen LogP contribution in [0.2, 0.25) is 5.02 Å². The number of halogens is 1. The zero-order chi connectivity index (χ0) is 22.0. The first-order valence-corrected chi connectivity index (χ1v) is 11.1. The fourth-order valence-corrected chi connectivity index (χ4v) is 4.26. The van der Waals surface area contributed by atoms with Gasteiger partial charge in [-0.3, -0.25) is 9.55 Å². The fourth-order valence-electron chi connectivity index (χ4n) is 3.22. The van der Waals surface area contributed by atoms with E-state index in [-0.39, 0.29) is 17.4 Å². The average molecular weight is 453 g/mol. The lowest BCUT2D eigenvalue weighted by molar-refractivity contribution is 0.444. The molecule has 0 unspecified atom stereocenters. The Balaban J connectivity index is 1.82. The Morgan fingerprint density at radius 3 is 2.35 bits per heavy atom. The van der Waals surface area contributed by atoms with Crippen LogP contribution in [0.5, 0.6) is 11.5 Å². The van der Waals surface area contributed by atoms with Crippen molar-refractivity contribution in [3.8, 4) is 28.6 Å². The van der Waals surface area contributed by atoms with Crippen LogP contribution in [0.4, 0.5) is 0 Å². The zero-order valence-corrected chi connectivity index (χ0v) is 18.6. The molecule has 31 heavy (non-hydrogen) atoms. The van der Waals surface area contributed by atoms with Gasteiger partial charge in [-0.05, 0) is 59.5 Å². The van der Waals surface area contributed by atoms with E-state index in [2.05, 4.69) is 15.2 Å². The molecular formula is C23H21ClN4O2S. The highest BCUT2D eigenvalue weighted by Crippen LogP contribution is 2.39. The summed E-state index contributed by atoms with van der Waals surface area (Å²) in [4.78, 5) is 4.05. The van der Waals surface area contributed by atoms with Crippen LogP contribution in [0, 0.1) is 0 Å². The third kappa shape index (κ3) is 4.52. The second kappa shape index (κ2) is 8.99. The predicted molar refractivity (Wildman–Crippen MR) is 123 cm³/mol. The van der Waals surface area contributed by atoms with Gasteiger partial charge < -0.3 is 10.2 Å². The van der Waals surface area contributed by atoms with E-state index >= 15 is 0 Å². The monoisotopic (exact) mass is 452 g/mol. The molecule has 0 saturated heterocycles. The van der Waals surface area contributed by atoms with Crippen LogP contribution in [-0.2, 0) is 5.75 Å². The van der Waals surface area contributed by atoms with Gasteiger partial charge in [-0.15, -0.1) is 10.2 Å². The van der Waals surface area contributed by atoms with Gasteiger partial charge in [0.25, 0.3) is 0 Å². The van der Waals surface area contributed by atoms with Crippen LogP contribution in [0.15, 0.2) is 66.1 Å². The number of pyridine rings is 1. The summed E-state index contributed by atoms with van der Waals surface area (Å²) in [6.45, 7) is 3.96. The predicted octanol–water partition coefficient (Wildman–Crippen LogP) is 5.81. The molecule has 0 atom stereocenters. The van der Waals surface area contributed by atoms with Crippen LogP contribution < -0.4 is 0 Å². The molecule has 0 spiro atoms. The van der Waals surface area contributed by atoms with Gasteiger partial charge in [0, 0.05) is 34.9 Å². The maximum Gasteiger partial charge on any atom is 0.196 e. The molecule has 0 amide bonds. The molecule has 4 rings (SSSR count). The van der Waals surface area contributed by atoms with Gasteiger partial charge in [0.2, 0.25) is 0 Å². The summed E-state index contributed by atoms with van der Waals surface area (Å²) < 4.78 is 1.89. The van der Waals surface area contributed by atoms with Gasteiger partial charge in [-0.25, -0.2) is 0 Å². The number of aromatic nitrogens is 4. The molecule has 0 aliphatic rings. The number of aromatic hydroxyl groups is 2. The normalized spacial score (nSPS) is 11.2. The standard InChI is InChI=1S/C23H21ClN4O2S/c1-14(2)18-11-19(21(30)12-20(18)29)22-26-27-23(31-13-15-7-9-25-10-8-15)28(22)17-5-3-16(24)4-6-17/h3-12,14,29-30H,13H2,1-2H3. The SMILES string of the molecule is CC(C)c1cc(-c2nnc(SCc3ccncc3)n2-c2ccc(Cl)cc2)c(O)cc1O. The zero-order valence-electron chi connectivity index (χ0n) is 17.0. The summed E-state index contributed by atoms with van der Waals surface area (Å²) in [7, 11) is 0. The molecular weight excluding hydrogens is 432 g/mol. The molecule has 6 nitrogen and oxygen atoms in total. The molecule has 2 aromatic carbocycles. The lowest BCUT2D eigenvalue weighted by Gasteiger charge is -2.14. The number of benzene rings is 2. The summed E-state index contributed by atoms with van der Waals surface area (Å²) in [5.41, 5.74) is 3.16. The number of nitrogens with zero attached hydrogens (tertiary/aromatic N) is 4. The fraction of sp³-hybridized carbons (Fsp3) is 0.174. The van der Waals surface area contributed by atoms with Crippen LogP contribution in [0.1, 0.15) is 30.9 Å². The van der Waals surface area contributed by atoms with E-state index in [4.69, 9.17) is 11.6 Å². The Morgan fingerprint density at radius 1 is 0.968 bits per heavy atom. The van der Waals surface area contributed by atoms with Gasteiger partial charge in [0.15, 0.2) is 11.0 Å². The van der Waals surface area contributed by atoms with E-state index in [1.54, 1.807) is 30.6 Å². The first-order valence-electron chi connectivity index (χ1n) is 9.73. The molecule has 2 N–H and O–H groups in total. The minimum Gasteiger partial charge on any atom is -0.508 e. The highest BCUT2D eigenvalue weighted by atomic mass is 35.5. The highest BCUT2D eigenvalue weighted by molar-refractivity contribution is 7.98. The number of rotatable bonds is 6. The second-order valence-electron chi connectivity index (χ2n) is 7.35. The Labute approximate surface area is 189 Å². The van der Waals surface area contributed by atoms with Crippen LogP contribution >= 0.6 is 23.4 Å². The van der Waals surface area contributed by atoms with E-state index in [9.17, 15) is 10.2 Å². The van der Waals surface area contributed by atoms with E-state index in [1.807, 2.05) is 42.7 Å². The topological polar surface area (TPSA) is 84.1 Å². The number of phenols is 2. The molecule has 0 radical (unpaired) electrons. The minimum absolute atomic E-state index is 0.0566. The van der Waals surface area contributed by atoms with Gasteiger partial charge >= 0.3 is 0 Å². The van der Waals surface area contributed by atoms with E-state index in [1.165, 1.54) is 17.8 Å². The highest BCUT2D eigenvalue weighted by Gasteiger charge is 2.21. The van der Waals surface area contributed by atoms with Gasteiger partial charge in [0.1, 0.15) is 11.5 Å². The molecule has 158 valence electrons. The summed E-state index contributed by atoms with van der Waals surface area (Å²) in [5, 5.41) is 30.9. The van der Waals surface area contributed by atoms with Crippen molar-refractivity contribution in [3.63, 3.8) is 0 Å². The summed E-state index contributed by atoms with van der Waals surface area (Å²) >= 11 is 7.62. The maximum atomic E-state index is 10.6. The number of hydrogen-bond acceptors (Lipinski definition) is 6. The van der Waals surface area contributed by atoms with Crippen LogP contribution in [0.3, 0.4) is 0 Å². The Kier molecular flexibility index (Phi) is 6.15. The molecule has 4 aromatic rings. The van der Waals surface area contributed by atoms with Crippen molar-refractivity contribution in [1.82, 2.24) is 19.7 Å². The largest absolute Gasteiger partial charge is 0.508 e. The van der Waals surface area contributed by atoms with Gasteiger partial charge in [0.05, 0.1) is 5.56 Å². The third-order valence-electron chi connectivity index (χ3n) is 4.84. The molecule has 0 fully saturated rings. The number of thioether (sulfide) groups is 1. The lowest BCUT2D eigenvalue weighted by Crippen LogP contribution is -2.01. The quantitative estimate of drug-likeness (QED) is 0.359. The molecule has 0 bridgehead atoms. The third-order valence-corrected chi connectivity index (χ3v) is 6.10. The molecule has 2 heterocycles. The van der Waals surface area contributed by atoms with Crippen molar-refractivity contribution in [2.75, 3.05) is 0 Å². The first-order chi connectivity index (χ1) is 14.9. The Hall–Kier alpha value is -3.03. The summed E-state index contributed by atoms with van der Waals surface area (Å²) in [6, 6.07) is 14.4. The summed E-state index contributed by atoms with van der Waals surface area (Å²) in [6.07, 6.45) is 3.51. The van der Waals surface area contributed by atoms with E-state index < -0.39 is 0 Å². The van der Waals surface area contributed by atoms with Crippen molar-refractivity contribution in [2.45, 2.75) is 30.7 Å². The van der Waals surface area contributed by atoms with Gasteiger partial charge in [-0.1, -0.05) is 37.2 Å². The van der Waals surface area contributed by atoms with Crippen molar-refractivity contribution >= 4 is 23.4 Å². The molecule has 2 aromatic heterocycles. The molecule has 8 heteroatoms. The van der Waals surface area contributed by atoms with E-state index in [0.29, 0.717) is 27.3 Å². The Morgan fingerprint density at radius 2 is 1.68 bits per heavy atom. The molecule has 0 aliphatic heterocycles. The van der Waals surface area contributed by atoms with Crippen LogP contribution in [0.25, 0.3) is 17.1 Å². The maximum absolute atomic E-state index is 10.6. The second-order valence-corrected chi connectivity index (χ2v) is 8.72. The van der Waals surface area contributed by atoms with Crippen molar-refractivity contribution in [3.05, 3.63) is 77.1 Å². The number of hydrogen-bond donors (Lipinski definition) is 2. The van der Waals surface area contributed by atoms with E-state index in [0.717, 1.165) is 16.8 Å². The summed E-state index contributed by atoms with van der Waals surface area (Å²) in [5.74, 6) is 1.24. The number of phenolic OH excluding ortho intramolecular Hbond substituents is 2. The molecule has 0 saturated carbocycles. The van der Waals surface area contributed by atoms with Crippen molar-refractivity contribution < 1.29 is 10.2 Å². The molecule has 0 aliphatic carbocycles. The Bertz CT molecular complexity index is 1190. The lowest BCUT2D eigenvalue weighted by atomic mass is 9.98. The first kappa shape index (κ1) is 21.2. The van der Waals surface area contributed by atoms with Crippen LogP contribution in [-0.4, -0.2) is 30.0 Å².